The van der Waals surface area contributed by atoms with Gasteiger partial charge in [-0.25, -0.2) is 4.79 Å². The van der Waals surface area contributed by atoms with Crippen molar-refractivity contribution in [2.45, 2.75) is 26.4 Å². The van der Waals surface area contributed by atoms with Crippen molar-refractivity contribution < 1.29 is 14.3 Å². The van der Waals surface area contributed by atoms with Crippen molar-refractivity contribution in [3.63, 3.8) is 0 Å². The maximum absolute atomic E-state index is 13.3. The average molecular weight is 452 g/mol. The molecular formula is C25H29N3O3S. The van der Waals surface area contributed by atoms with Crippen LogP contribution in [-0.2, 0) is 17.9 Å². The fourth-order valence-corrected chi connectivity index (χ4v) is 4.07. The first-order valence-corrected chi connectivity index (χ1v) is 11.5. The standard InChI is InChI=1S/C25H29N3O3S/c1-3-15-27(25(30)26-22-13-7-8-14-23(22)31-2)19-24(29)28(18-21-12-9-16-32-21)17-20-10-5-4-6-11-20/h4-14,16H,3,15,17-19H2,1-2H3,(H,26,30). The quantitative estimate of drug-likeness (QED) is 0.459. The first-order chi connectivity index (χ1) is 15.6. The number of thiophene rings is 1. The summed E-state index contributed by atoms with van der Waals surface area (Å²) in [5, 5.41) is 4.88. The van der Waals surface area contributed by atoms with E-state index < -0.39 is 0 Å². The minimum Gasteiger partial charge on any atom is -0.495 e. The minimum absolute atomic E-state index is 0.00698. The predicted molar refractivity (Wildman–Crippen MR) is 129 cm³/mol. The molecule has 7 heteroatoms. The molecule has 1 aromatic heterocycles. The molecule has 0 aliphatic rings. The molecule has 0 aliphatic carbocycles. The van der Waals surface area contributed by atoms with Crippen molar-refractivity contribution in [1.29, 1.82) is 0 Å². The largest absolute Gasteiger partial charge is 0.495 e. The van der Waals surface area contributed by atoms with Crippen molar-refractivity contribution in [1.82, 2.24) is 9.80 Å². The van der Waals surface area contributed by atoms with Crippen LogP contribution in [0.1, 0.15) is 23.8 Å². The Bertz CT molecular complexity index is 993. The van der Waals surface area contributed by atoms with Crippen molar-refractivity contribution in [2.75, 3.05) is 25.5 Å². The third-order valence-electron chi connectivity index (χ3n) is 4.95. The molecule has 3 rings (SSSR count). The van der Waals surface area contributed by atoms with Gasteiger partial charge in [-0.3, -0.25) is 4.79 Å². The molecule has 3 aromatic rings. The number of nitrogens with zero attached hydrogens (tertiary/aromatic N) is 2. The van der Waals surface area contributed by atoms with Gasteiger partial charge in [-0.1, -0.05) is 55.5 Å². The van der Waals surface area contributed by atoms with Gasteiger partial charge in [0.05, 0.1) is 19.3 Å². The molecule has 0 bridgehead atoms. The summed E-state index contributed by atoms with van der Waals surface area (Å²) in [4.78, 5) is 30.8. The number of rotatable bonds is 10. The lowest BCUT2D eigenvalue weighted by Crippen LogP contribution is -2.44. The molecule has 0 spiro atoms. The zero-order valence-electron chi connectivity index (χ0n) is 18.5. The van der Waals surface area contributed by atoms with Gasteiger partial charge in [0.15, 0.2) is 0 Å². The number of carbonyl (C=O) groups excluding carboxylic acids is 2. The van der Waals surface area contributed by atoms with E-state index in [0.29, 0.717) is 31.1 Å². The maximum atomic E-state index is 13.3. The Morgan fingerprint density at radius 3 is 2.38 bits per heavy atom. The number of nitrogens with one attached hydrogen (secondary N) is 1. The maximum Gasteiger partial charge on any atom is 0.322 e. The van der Waals surface area contributed by atoms with Crippen LogP contribution in [0.15, 0.2) is 72.1 Å². The van der Waals surface area contributed by atoms with Gasteiger partial charge in [0, 0.05) is 18.0 Å². The summed E-state index contributed by atoms with van der Waals surface area (Å²) in [7, 11) is 1.56. The highest BCUT2D eigenvalue weighted by molar-refractivity contribution is 7.09. The number of ether oxygens (including phenoxy) is 1. The molecule has 0 fully saturated rings. The number of anilines is 1. The zero-order valence-corrected chi connectivity index (χ0v) is 19.3. The zero-order chi connectivity index (χ0) is 22.8. The highest BCUT2D eigenvalue weighted by atomic mass is 32.1. The number of urea groups is 1. The summed E-state index contributed by atoms with van der Waals surface area (Å²) in [6, 6.07) is 20.8. The van der Waals surface area contributed by atoms with Crippen LogP contribution in [-0.4, -0.2) is 41.9 Å². The van der Waals surface area contributed by atoms with E-state index in [1.54, 1.807) is 40.4 Å². The van der Waals surface area contributed by atoms with Crippen molar-refractivity contribution in [3.05, 3.63) is 82.6 Å². The molecule has 168 valence electrons. The van der Waals surface area contributed by atoms with Gasteiger partial charge in [-0.2, -0.15) is 0 Å². The van der Waals surface area contributed by atoms with Crippen LogP contribution in [0.3, 0.4) is 0 Å². The number of carbonyl (C=O) groups is 2. The molecule has 1 heterocycles. The van der Waals surface area contributed by atoms with Crippen LogP contribution >= 0.6 is 11.3 Å². The Kier molecular flexibility index (Phi) is 8.69. The van der Waals surface area contributed by atoms with Crippen molar-refractivity contribution in [3.8, 4) is 5.75 Å². The molecular weight excluding hydrogens is 422 g/mol. The summed E-state index contributed by atoms with van der Waals surface area (Å²) in [6.07, 6.45) is 0.746. The van der Waals surface area contributed by atoms with Gasteiger partial charge in [0.1, 0.15) is 12.3 Å². The molecule has 0 saturated heterocycles. The van der Waals surface area contributed by atoms with Gasteiger partial charge in [0.2, 0.25) is 5.91 Å². The lowest BCUT2D eigenvalue weighted by atomic mass is 10.2. The van der Waals surface area contributed by atoms with E-state index in [1.807, 2.05) is 66.9 Å². The number of para-hydroxylation sites is 2. The molecule has 3 amide bonds. The fraction of sp³-hybridized carbons (Fsp3) is 0.280. The van der Waals surface area contributed by atoms with Crippen LogP contribution < -0.4 is 10.1 Å². The number of methoxy groups -OCH3 is 1. The van der Waals surface area contributed by atoms with Crippen LogP contribution in [0.4, 0.5) is 10.5 Å². The normalized spacial score (nSPS) is 10.4. The molecule has 32 heavy (non-hydrogen) atoms. The first kappa shape index (κ1) is 23.3. The van der Waals surface area contributed by atoms with Gasteiger partial charge < -0.3 is 19.9 Å². The molecule has 0 unspecified atom stereocenters. The first-order valence-electron chi connectivity index (χ1n) is 10.6. The van der Waals surface area contributed by atoms with Crippen molar-refractivity contribution in [2.24, 2.45) is 0 Å². The Morgan fingerprint density at radius 1 is 0.938 bits per heavy atom. The van der Waals surface area contributed by atoms with E-state index in [0.717, 1.165) is 16.9 Å². The predicted octanol–water partition coefficient (Wildman–Crippen LogP) is 5.23. The fourth-order valence-electron chi connectivity index (χ4n) is 3.35. The van der Waals surface area contributed by atoms with Crippen LogP contribution in [0.5, 0.6) is 5.75 Å². The molecule has 1 N–H and O–H groups in total. The lowest BCUT2D eigenvalue weighted by molar-refractivity contribution is -0.133. The lowest BCUT2D eigenvalue weighted by Gasteiger charge is -2.28. The molecule has 0 atom stereocenters. The second-order valence-corrected chi connectivity index (χ2v) is 8.40. The summed E-state index contributed by atoms with van der Waals surface area (Å²) >= 11 is 1.62. The summed E-state index contributed by atoms with van der Waals surface area (Å²) in [6.45, 7) is 3.48. The highest BCUT2D eigenvalue weighted by Crippen LogP contribution is 2.23. The van der Waals surface area contributed by atoms with Crippen LogP contribution in [0.25, 0.3) is 0 Å². The minimum atomic E-state index is -0.319. The van der Waals surface area contributed by atoms with E-state index in [1.165, 1.54) is 0 Å². The molecule has 0 saturated carbocycles. The summed E-state index contributed by atoms with van der Waals surface area (Å²) < 4.78 is 5.32. The number of hydrogen-bond donors (Lipinski definition) is 1. The second-order valence-electron chi connectivity index (χ2n) is 7.37. The summed E-state index contributed by atoms with van der Waals surface area (Å²) in [5.41, 5.74) is 1.63. The number of hydrogen-bond acceptors (Lipinski definition) is 4. The molecule has 2 aromatic carbocycles. The number of amides is 3. The van der Waals surface area contributed by atoms with Gasteiger partial charge >= 0.3 is 6.03 Å². The van der Waals surface area contributed by atoms with E-state index in [2.05, 4.69) is 5.32 Å². The molecule has 6 nitrogen and oxygen atoms in total. The van der Waals surface area contributed by atoms with Crippen LogP contribution in [0.2, 0.25) is 0 Å². The Hall–Kier alpha value is -3.32. The topological polar surface area (TPSA) is 61.9 Å². The smallest absolute Gasteiger partial charge is 0.322 e. The average Bonchev–Trinajstić information content (AvgIpc) is 3.32. The third-order valence-corrected chi connectivity index (χ3v) is 5.81. The van der Waals surface area contributed by atoms with Gasteiger partial charge in [-0.15, -0.1) is 11.3 Å². The van der Waals surface area contributed by atoms with Crippen LogP contribution in [0, 0.1) is 0 Å². The highest BCUT2D eigenvalue weighted by Gasteiger charge is 2.22. The van der Waals surface area contributed by atoms with Crippen molar-refractivity contribution >= 4 is 29.0 Å². The van der Waals surface area contributed by atoms with Gasteiger partial charge in [-0.05, 0) is 35.6 Å². The van der Waals surface area contributed by atoms with E-state index in [4.69, 9.17) is 4.74 Å². The monoisotopic (exact) mass is 451 g/mol. The Labute approximate surface area is 193 Å². The SMILES string of the molecule is CCCN(CC(=O)N(Cc1ccccc1)Cc1cccs1)C(=O)Nc1ccccc1OC. The van der Waals surface area contributed by atoms with E-state index in [-0.39, 0.29) is 18.5 Å². The summed E-state index contributed by atoms with van der Waals surface area (Å²) in [5.74, 6) is 0.484. The van der Waals surface area contributed by atoms with E-state index in [9.17, 15) is 9.59 Å². The number of benzene rings is 2. The molecule has 0 radical (unpaired) electrons. The van der Waals surface area contributed by atoms with Gasteiger partial charge in [0.25, 0.3) is 0 Å². The second kappa shape index (κ2) is 11.9. The molecule has 0 aliphatic heterocycles. The third kappa shape index (κ3) is 6.59. The Balaban J connectivity index is 1.73. The van der Waals surface area contributed by atoms with E-state index >= 15 is 0 Å². The Morgan fingerprint density at radius 2 is 1.69 bits per heavy atom.